The fourth-order valence-corrected chi connectivity index (χ4v) is 8.09. The maximum Gasteiger partial charge on any atom is 0.0158 e. The Morgan fingerprint density at radius 3 is 1.41 bits per heavy atom. The van der Waals surface area contributed by atoms with Crippen LogP contribution in [-0.2, 0) is 0 Å². The highest BCUT2D eigenvalue weighted by molar-refractivity contribution is 8.00. The maximum absolute atomic E-state index is 4.38. The van der Waals surface area contributed by atoms with Gasteiger partial charge in [0, 0.05) is 44.1 Å². The maximum atomic E-state index is 4.38. The molecule has 39 heavy (non-hydrogen) atoms. The van der Waals surface area contributed by atoms with E-state index in [2.05, 4.69) is 122 Å². The van der Waals surface area contributed by atoms with E-state index in [9.17, 15) is 0 Å². The average molecular weight is 597 g/mol. The molecule has 0 aliphatic heterocycles. The fourth-order valence-electron chi connectivity index (χ4n) is 4.41. The summed E-state index contributed by atoms with van der Waals surface area (Å²) in [6, 6.07) is 43.9. The first-order chi connectivity index (χ1) is 19.2. The summed E-state index contributed by atoms with van der Waals surface area (Å²) in [6.45, 7) is 0. The summed E-state index contributed by atoms with van der Waals surface area (Å²) in [6.07, 6.45) is 3.94. The molecule has 1 fully saturated rings. The van der Waals surface area contributed by atoms with Crippen LogP contribution in [0.4, 0.5) is 0 Å². The summed E-state index contributed by atoms with van der Waals surface area (Å²) in [5, 5.41) is 0. The summed E-state index contributed by atoms with van der Waals surface area (Å²) in [7, 11) is 0. The van der Waals surface area contributed by atoms with Crippen LogP contribution in [0.2, 0.25) is 0 Å². The van der Waals surface area contributed by atoms with Gasteiger partial charge in [-0.25, -0.2) is 0 Å². The standard InChI is InChI=1S/C34H28S5/c35-25-9-11-27(12-10-25)37-29-13-15-30(16-14-29)38-32-21-22-34(33(23-32)24-5-4-6-24)39-31-19-17-28(18-20-31)36-26-7-2-1-3-8-26/h1-3,7-24,35H,4-6H2. The molecule has 194 valence electrons. The Morgan fingerprint density at radius 1 is 0.462 bits per heavy atom. The van der Waals surface area contributed by atoms with Crippen LogP contribution in [-0.4, -0.2) is 0 Å². The number of thiol groups is 1. The van der Waals surface area contributed by atoms with Gasteiger partial charge in [-0.1, -0.05) is 71.7 Å². The van der Waals surface area contributed by atoms with Gasteiger partial charge < -0.3 is 0 Å². The van der Waals surface area contributed by atoms with Crippen molar-refractivity contribution in [2.45, 2.75) is 69.2 Å². The van der Waals surface area contributed by atoms with Crippen molar-refractivity contribution >= 4 is 59.7 Å². The molecular formula is C34H28S5. The van der Waals surface area contributed by atoms with Gasteiger partial charge in [0.2, 0.25) is 0 Å². The first-order valence-corrected chi connectivity index (χ1v) is 16.8. The normalized spacial score (nSPS) is 13.3. The first-order valence-electron chi connectivity index (χ1n) is 13.1. The molecule has 6 rings (SSSR count). The lowest BCUT2D eigenvalue weighted by Gasteiger charge is -2.28. The fraction of sp³-hybridized carbons (Fsp3) is 0.118. The van der Waals surface area contributed by atoms with Crippen molar-refractivity contribution in [1.82, 2.24) is 0 Å². The first kappa shape index (κ1) is 27.0. The van der Waals surface area contributed by atoms with E-state index in [1.807, 2.05) is 47.4 Å². The highest BCUT2D eigenvalue weighted by Crippen LogP contribution is 2.45. The van der Waals surface area contributed by atoms with Crippen LogP contribution >= 0.6 is 59.7 Å². The molecule has 0 heterocycles. The summed E-state index contributed by atoms with van der Waals surface area (Å²) in [5.41, 5.74) is 1.51. The van der Waals surface area contributed by atoms with Gasteiger partial charge in [0.25, 0.3) is 0 Å². The summed E-state index contributed by atoms with van der Waals surface area (Å²) in [5.74, 6) is 0.684. The molecule has 0 amide bonds. The predicted octanol–water partition coefficient (Wildman–Crippen LogP) is 11.8. The van der Waals surface area contributed by atoms with Crippen LogP contribution in [0.25, 0.3) is 0 Å². The van der Waals surface area contributed by atoms with Crippen LogP contribution < -0.4 is 0 Å². The minimum absolute atomic E-state index is 0.684. The summed E-state index contributed by atoms with van der Waals surface area (Å²) in [4.78, 5) is 11.3. The van der Waals surface area contributed by atoms with E-state index < -0.39 is 0 Å². The number of rotatable bonds is 9. The molecule has 0 radical (unpaired) electrons. The highest BCUT2D eigenvalue weighted by atomic mass is 32.2. The Labute approximate surface area is 254 Å². The number of hydrogen-bond donors (Lipinski definition) is 1. The molecule has 0 unspecified atom stereocenters. The van der Waals surface area contributed by atoms with Crippen LogP contribution in [0.3, 0.4) is 0 Å². The largest absolute Gasteiger partial charge is 0.143 e. The lowest BCUT2D eigenvalue weighted by Crippen LogP contribution is -2.09. The van der Waals surface area contributed by atoms with Gasteiger partial charge in [-0.05, 0) is 127 Å². The lowest BCUT2D eigenvalue weighted by molar-refractivity contribution is 0.414. The van der Waals surface area contributed by atoms with Gasteiger partial charge in [-0.3, -0.25) is 0 Å². The zero-order valence-corrected chi connectivity index (χ0v) is 25.5. The van der Waals surface area contributed by atoms with Crippen molar-refractivity contribution in [2.75, 3.05) is 0 Å². The summed E-state index contributed by atoms with van der Waals surface area (Å²) >= 11 is 11.7. The van der Waals surface area contributed by atoms with Crippen molar-refractivity contribution < 1.29 is 0 Å². The molecule has 0 spiro atoms. The van der Waals surface area contributed by atoms with Crippen molar-refractivity contribution in [1.29, 1.82) is 0 Å². The Bertz CT molecular complexity index is 1510. The van der Waals surface area contributed by atoms with Gasteiger partial charge in [-0.2, -0.15) is 0 Å². The number of hydrogen-bond acceptors (Lipinski definition) is 5. The van der Waals surface area contributed by atoms with Gasteiger partial charge in [-0.15, -0.1) is 12.6 Å². The molecule has 0 aromatic heterocycles. The van der Waals surface area contributed by atoms with Crippen molar-refractivity contribution in [3.8, 4) is 0 Å². The van der Waals surface area contributed by atoms with Gasteiger partial charge in [0.05, 0.1) is 0 Å². The van der Waals surface area contributed by atoms with Crippen LogP contribution in [0.5, 0.6) is 0 Å². The van der Waals surface area contributed by atoms with E-state index in [4.69, 9.17) is 0 Å². The van der Waals surface area contributed by atoms with Gasteiger partial charge >= 0.3 is 0 Å². The van der Waals surface area contributed by atoms with E-state index >= 15 is 0 Å². The van der Waals surface area contributed by atoms with E-state index in [-0.39, 0.29) is 0 Å². The second-order valence-electron chi connectivity index (χ2n) is 9.49. The monoisotopic (exact) mass is 596 g/mol. The van der Waals surface area contributed by atoms with E-state index in [1.54, 1.807) is 11.8 Å². The second-order valence-corrected chi connectivity index (χ2v) is 14.6. The Morgan fingerprint density at radius 2 is 0.897 bits per heavy atom. The molecule has 0 N–H and O–H groups in total. The minimum atomic E-state index is 0.684. The van der Waals surface area contributed by atoms with Crippen LogP contribution in [0.1, 0.15) is 30.7 Å². The van der Waals surface area contributed by atoms with E-state index in [0.717, 1.165) is 4.90 Å². The Kier molecular flexibility index (Phi) is 9.02. The molecular weight excluding hydrogens is 569 g/mol. The molecule has 1 saturated carbocycles. The average Bonchev–Trinajstić information content (AvgIpc) is 2.93. The molecule has 0 nitrogen and oxygen atoms in total. The molecule has 5 heteroatoms. The van der Waals surface area contributed by atoms with E-state index in [1.165, 1.54) is 64.0 Å². The van der Waals surface area contributed by atoms with Crippen LogP contribution in [0, 0.1) is 0 Å². The Balaban J connectivity index is 1.13. The van der Waals surface area contributed by atoms with Gasteiger partial charge in [0.1, 0.15) is 0 Å². The molecule has 5 aromatic carbocycles. The van der Waals surface area contributed by atoms with Crippen molar-refractivity contribution in [3.63, 3.8) is 0 Å². The zero-order valence-electron chi connectivity index (χ0n) is 21.3. The SMILES string of the molecule is Sc1ccc(Sc2ccc(Sc3ccc(Sc4ccc(Sc5ccccc5)cc4)c(C4CCC4)c3)cc2)cc1. The minimum Gasteiger partial charge on any atom is -0.143 e. The molecule has 1 aliphatic rings. The third-order valence-electron chi connectivity index (χ3n) is 6.69. The van der Waals surface area contributed by atoms with Crippen LogP contribution in [0.15, 0.2) is 165 Å². The summed E-state index contributed by atoms with van der Waals surface area (Å²) < 4.78 is 0. The smallest absolute Gasteiger partial charge is 0.0158 e. The Hall–Kier alpha value is -2.15. The predicted molar refractivity (Wildman–Crippen MR) is 173 cm³/mol. The molecule has 1 aliphatic carbocycles. The topological polar surface area (TPSA) is 0 Å². The van der Waals surface area contributed by atoms with E-state index in [0.29, 0.717) is 5.92 Å². The quantitative estimate of drug-likeness (QED) is 0.168. The molecule has 5 aromatic rings. The third-order valence-corrected chi connectivity index (χ3v) is 11.1. The second kappa shape index (κ2) is 13.0. The molecule has 0 saturated heterocycles. The van der Waals surface area contributed by atoms with Crippen molar-refractivity contribution in [3.05, 3.63) is 127 Å². The lowest BCUT2D eigenvalue weighted by atomic mass is 9.80. The van der Waals surface area contributed by atoms with Gasteiger partial charge in [0.15, 0.2) is 0 Å². The molecule has 0 atom stereocenters. The molecule has 0 bridgehead atoms. The number of benzene rings is 5. The van der Waals surface area contributed by atoms with Crippen molar-refractivity contribution in [2.24, 2.45) is 0 Å². The third kappa shape index (κ3) is 7.33. The zero-order chi connectivity index (χ0) is 26.4. The highest BCUT2D eigenvalue weighted by Gasteiger charge is 2.23.